The molecule has 0 bridgehead atoms. The van der Waals surface area contributed by atoms with Crippen LogP contribution < -0.4 is 11.1 Å². The molecule has 0 saturated carbocycles. The summed E-state index contributed by atoms with van der Waals surface area (Å²) in [6.45, 7) is 6.24. The summed E-state index contributed by atoms with van der Waals surface area (Å²) >= 11 is 0. The highest BCUT2D eigenvalue weighted by Crippen LogP contribution is 2.20. The molecule has 4 heteroatoms. The maximum atomic E-state index is 12.1. The van der Waals surface area contributed by atoms with E-state index in [-0.39, 0.29) is 11.7 Å². The lowest BCUT2D eigenvalue weighted by Crippen LogP contribution is -2.52. The zero-order valence-corrected chi connectivity index (χ0v) is 11.3. The Balaban J connectivity index is 2.94. The third-order valence-corrected chi connectivity index (χ3v) is 3.52. The summed E-state index contributed by atoms with van der Waals surface area (Å²) in [5.74, 6) is -0.271. The van der Waals surface area contributed by atoms with E-state index in [9.17, 15) is 9.90 Å². The van der Waals surface area contributed by atoms with Gasteiger partial charge in [0.05, 0.1) is 11.1 Å². The molecule has 4 N–H and O–H groups in total. The average Bonchev–Trinajstić information content (AvgIpc) is 2.36. The number of benzene rings is 1. The lowest BCUT2D eigenvalue weighted by atomic mass is 9.92. The van der Waals surface area contributed by atoms with E-state index in [2.05, 4.69) is 5.32 Å². The van der Waals surface area contributed by atoms with Gasteiger partial charge in [-0.25, -0.2) is 0 Å². The van der Waals surface area contributed by atoms with Gasteiger partial charge in [0.15, 0.2) is 0 Å². The van der Waals surface area contributed by atoms with Crippen LogP contribution >= 0.6 is 0 Å². The molecule has 0 unspecified atom stereocenters. The fraction of sp³-hybridized carbons (Fsp3) is 0.500. The minimum Gasteiger partial charge on any atom is -0.507 e. The fourth-order valence-corrected chi connectivity index (χ4v) is 1.91. The number of phenolic OH excluding ortho intramolecular Hbond substituents is 1. The predicted octanol–water partition coefficient (Wildman–Crippen LogP) is 1.95. The second kappa shape index (κ2) is 5.87. The molecular weight excluding hydrogens is 228 g/mol. The largest absolute Gasteiger partial charge is 0.507 e. The van der Waals surface area contributed by atoms with Gasteiger partial charge >= 0.3 is 0 Å². The van der Waals surface area contributed by atoms with E-state index in [0.717, 1.165) is 18.4 Å². The van der Waals surface area contributed by atoms with Crippen molar-refractivity contribution >= 4 is 5.91 Å². The number of phenols is 1. The molecule has 0 radical (unpaired) electrons. The van der Waals surface area contributed by atoms with Crippen LogP contribution in [0.5, 0.6) is 5.75 Å². The monoisotopic (exact) mass is 250 g/mol. The first-order valence-corrected chi connectivity index (χ1v) is 6.30. The molecule has 0 fully saturated rings. The zero-order chi connectivity index (χ0) is 13.8. The first-order valence-electron chi connectivity index (χ1n) is 6.30. The summed E-state index contributed by atoms with van der Waals surface area (Å²) in [6, 6.07) is 5.01. The number of amides is 1. The Kier molecular flexibility index (Phi) is 4.73. The number of hydrogen-bond acceptors (Lipinski definition) is 3. The lowest BCUT2D eigenvalue weighted by molar-refractivity contribution is 0.0892. The highest BCUT2D eigenvalue weighted by Gasteiger charge is 2.27. The number of nitrogens with one attached hydrogen (secondary N) is 1. The molecule has 18 heavy (non-hydrogen) atoms. The van der Waals surface area contributed by atoms with Gasteiger partial charge in [-0.3, -0.25) is 4.79 Å². The van der Waals surface area contributed by atoms with E-state index < -0.39 is 5.54 Å². The average molecular weight is 250 g/mol. The molecule has 1 rings (SSSR count). The molecule has 0 spiro atoms. The first kappa shape index (κ1) is 14.5. The van der Waals surface area contributed by atoms with Crippen LogP contribution in [0.4, 0.5) is 0 Å². The molecular formula is C14H22N2O2. The third kappa shape index (κ3) is 3.01. The van der Waals surface area contributed by atoms with Crippen LogP contribution in [0.15, 0.2) is 18.2 Å². The van der Waals surface area contributed by atoms with Crippen LogP contribution in [-0.2, 0) is 0 Å². The van der Waals surface area contributed by atoms with Gasteiger partial charge in [-0.15, -0.1) is 0 Å². The van der Waals surface area contributed by atoms with Gasteiger partial charge in [0.2, 0.25) is 0 Å². The van der Waals surface area contributed by atoms with Crippen LogP contribution in [0.1, 0.15) is 42.6 Å². The van der Waals surface area contributed by atoms with Crippen molar-refractivity contribution in [3.63, 3.8) is 0 Å². The number of carbonyl (C=O) groups is 1. The molecule has 100 valence electrons. The molecule has 0 aliphatic rings. The highest BCUT2D eigenvalue weighted by molar-refractivity contribution is 5.97. The summed E-state index contributed by atoms with van der Waals surface area (Å²) in [6.07, 6.45) is 1.52. The Morgan fingerprint density at radius 2 is 2.00 bits per heavy atom. The Morgan fingerprint density at radius 1 is 1.39 bits per heavy atom. The van der Waals surface area contributed by atoms with Crippen molar-refractivity contribution in [3.05, 3.63) is 29.3 Å². The normalized spacial score (nSPS) is 11.3. The van der Waals surface area contributed by atoms with E-state index in [4.69, 9.17) is 5.73 Å². The van der Waals surface area contributed by atoms with Gasteiger partial charge in [0.1, 0.15) is 5.75 Å². The van der Waals surface area contributed by atoms with Crippen molar-refractivity contribution in [2.24, 2.45) is 5.73 Å². The summed E-state index contributed by atoms with van der Waals surface area (Å²) in [4.78, 5) is 12.1. The van der Waals surface area contributed by atoms with Gasteiger partial charge in [0.25, 0.3) is 5.91 Å². The van der Waals surface area contributed by atoms with Crippen molar-refractivity contribution < 1.29 is 9.90 Å². The molecule has 0 aliphatic carbocycles. The van der Waals surface area contributed by atoms with E-state index >= 15 is 0 Å². The van der Waals surface area contributed by atoms with Crippen LogP contribution in [0.25, 0.3) is 0 Å². The van der Waals surface area contributed by atoms with E-state index in [1.807, 2.05) is 20.8 Å². The molecule has 0 atom stereocenters. The Morgan fingerprint density at radius 3 is 2.44 bits per heavy atom. The molecule has 1 aromatic rings. The first-order chi connectivity index (χ1) is 8.48. The number of hydrogen-bond donors (Lipinski definition) is 3. The summed E-state index contributed by atoms with van der Waals surface area (Å²) in [5.41, 5.74) is 6.55. The molecule has 0 aromatic heterocycles. The fourth-order valence-electron chi connectivity index (χ4n) is 1.91. The maximum absolute atomic E-state index is 12.1. The smallest absolute Gasteiger partial charge is 0.255 e. The molecule has 0 saturated heterocycles. The molecule has 0 heterocycles. The topological polar surface area (TPSA) is 75.3 Å². The minimum absolute atomic E-state index is 0.00521. The van der Waals surface area contributed by atoms with Gasteiger partial charge in [-0.05, 0) is 37.5 Å². The van der Waals surface area contributed by atoms with Crippen molar-refractivity contribution in [1.82, 2.24) is 5.32 Å². The summed E-state index contributed by atoms with van der Waals surface area (Å²) < 4.78 is 0. The van der Waals surface area contributed by atoms with Gasteiger partial charge in [-0.1, -0.05) is 19.9 Å². The number of carbonyl (C=O) groups excluding carboxylic acids is 1. The third-order valence-electron chi connectivity index (χ3n) is 3.52. The van der Waals surface area contributed by atoms with E-state index in [1.54, 1.807) is 18.2 Å². The number of aryl methyl sites for hydroxylation is 1. The quantitative estimate of drug-likeness (QED) is 0.747. The lowest BCUT2D eigenvalue weighted by Gasteiger charge is -2.31. The second-order valence-electron chi connectivity index (χ2n) is 4.67. The highest BCUT2D eigenvalue weighted by atomic mass is 16.3. The predicted molar refractivity (Wildman–Crippen MR) is 72.7 cm³/mol. The second-order valence-corrected chi connectivity index (χ2v) is 4.67. The van der Waals surface area contributed by atoms with Gasteiger partial charge < -0.3 is 16.2 Å². The van der Waals surface area contributed by atoms with Crippen LogP contribution in [-0.4, -0.2) is 23.1 Å². The summed E-state index contributed by atoms with van der Waals surface area (Å²) in [7, 11) is 0. The van der Waals surface area contributed by atoms with Crippen molar-refractivity contribution in [2.75, 3.05) is 6.54 Å². The maximum Gasteiger partial charge on any atom is 0.255 e. The Hall–Kier alpha value is -1.55. The van der Waals surface area contributed by atoms with Crippen LogP contribution in [0.3, 0.4) is 0 Å². The van der Waals surface area contributed by atoms with Crippen LogP contribution in [0, 0.1) is 6.92 Å². The zero-order valence-electron chi connectivity index (χ0n) is 11.3. The standard InChI is InChI=1S/C14H22N2O2/c1-4-14(5-2,9-15)16-13(18)11-7-6-10(3)8-12(11)17/h6-8,17H,4-5,9,15H2,1-3H3,(H,16,18). The number of rotatable bonds is 5. The van der Waals surface area contributed by atoms with E-state index in [1.165, 1.54) is 0 Å². The van der Waals surface area contributed by atoms with Crippen molar-refractivity contribution in [3.8, 4) is 5.75 Å². The Labute approximate surface area is 108 Å². The number of nitrogens with two attached hydrogens (primary N) is 1. The van der Waals surface area contributed by atoms with Crippen molar-refractivity contribution in [1.29, 1.82) is 0 Å². The minimum atomic E-state index is -0.394. The molecule has 0 aliphatic heterocycles. The molecule has 1 amide bonds. The number of aromatic hydroxyl groups is 1. The Bertz CT molecular complexity index is 418. The summed E-state index contributed by atoms with van der Waals surface area (Å²) in [5, 5.41) is 12.7. The van der Waals surface area contributed by atoms with Gasteiger partial charge in [0, 0.05) is 6.54 Å². The van der Waals surface area contributed by atoms with Crippen LogP contribution in [0.2, 0.25) is 0 Å². The molecule has 1 aromatic carbocycles. The van der Waals surface area contributed by atoms with Crippen molar-refractivity contribution in [2.45, 2.75) is 39.2 Å². The van der Waals surface area contributed by atoms with Gasteiger partial charge in [-0.2, -0.15) is 0 Å². The van der Waals surface area contributed by atoms with E-state index in [0.29, 0.717) is 12.1 Å². The molecule has 4 nitrogen and oxygen atoms in total. The SMILES string of the molecule is CCC(CC)(CN)NC(=O)c1ccc(C)cc1O.